The lowest BCUT2D eigenvalue weighted by Crippen LogP contribution is -2.21. The number of nitrogens with one attached hydrogen (secondary N) is 4. The Hall–Kier alpha value is -7.77. The van der Waals surface area contributed by atoms with Crippen molar-refractivity contribution >= 4 is 43.7 Å². The van der Waals surface area contributed by atoms with E-state index in [4.69, 9.17) is 0 Å². The molecule has 14 rings (SSSR count). The molecule has 5 heterocycles. The fourth-order valence-electron chi connectivity index (χ4n) is 18.5. The van der Waals surface area contributed by atoms with Crippen LogP contribution in [0.25, 0.3) is 43.7 Å². The van der Waals surface area contributed by atoms with Gasteiger partial charge in [-0.1, -0.05) is 413 Å². The van der Waals surface area contributed by atoms with Crippen LogP contribution in [-0.4, -0.2) is 35.1 Å². The molecule has 0 radical (unpaired) electrons. The van der Waals surface area contributed by atoms with Crippen molar-refractivity contribution in [3.05, 3.63) is 242 Å². The molecule has 3 aliphatic carbocycles. The van der Waals surface area contributed by atoms with Crippen molar-refractivity contribution in [1.82, 2.24) is 35.1 Å². The zero-order chi connectivity index (χ0) is 102. The summed E-state index contributed by atoms with van der Waals surface area (Å²) in [5.74, 6) is 17.1. The normalized spacial score (nSPS) is 16.6. The van der Waals surface area contributed by atoms with E-state index in [1.165, 1.54) is 158 Å². The van der Waals surface area contributed by atoms with Crippen LogP contribution in [0, 0.1) is 65.1 Å². The number of para-hydroxylation sites is 1. The van der Waals surface area contributed by atoms with E-state index in [9.17, 15) is 0 Å². The number of hydrogen-bond donors (Lipinski definition) is 4. The average Bonchev–Trinajstić information content (AvgIpc) is 1.81. The SMILES string of the molecule is CC(C)C1=CCC(C(C)C)CC1.CC(C)C1CCC(C(C)C)C1.CC(C)C1CCC(C(C)C)CC1.CC(C)c1c[nH]c2cc(C(C)(C)C)ccc12.CC(C)c1cc2ccc(C(C)(C)C)cc2[nH]1.CC(C)c1cc2cccc(C(C)(C)C)c2[nH]1.CC(C)c1ccc(C(C)C)nn1.CC(C)c1cccc(C(C)C)c1.CC(C)c1ccccc1C(C)C.CC(C)c1nc2ccc(C(C)(C)C)cc2[nH]1. The number of aromatic nitrogens is 7. The monoisotopic (exact) mass is 1840 g/mol. The zero-order valence-corrected chi connectivity index (χ0v) is 95.0. The number of allylic oxidation sites excluding steroid dienone is 2. The number of fused-ring (bicyclic) bond motifs is 4. The van der Waals surface area contributed by atoms with Gasteiger partial charge in [-0.3, -0.25) is 0 Å². The number of hydrogen-bond acceptors (Lipinski definition) is 3. The molecule has 0 amide bonds. The van der Waals surface area contributed by atoms with Crippen molar-refractivity contribution in [3.8, 4) is 0 Å². The maximum atomic E-state index is 4.58. The topological polar surface area (TPSA) is 102 Å². The van der Waals surface area contributed by atoms with Crippen LogP contribution in [-0.2, 0) is 21.7 Å². The summed E-state index contributed by atoms with van der Waals surface area (Å²) < 4.78 is 0. The second-order valence-electron chi connectivity index (χ2n) is 49.8. The lowest BCUT2D eigenvalue weighted by molar-refractivity contribution is 0.189. The van der Waals surface area contributed by atoms with Crippen LogP contribution in [0.3, 0.4) is 0 Å². The number of nitrogens with zero attached hydrogens (tertiary/aromatic N) is 3. The number of H-pyrrole nitrogens is 4. The van der Waals surface area contributed by atoms with Gasteiger partial charge in [0.2, 0.25) is 0 Å². The van der Waals surface area contributed by atoms with Gasteiger partial charge in [0.25, 0.3) is 0 Å². The first-order valence-electron chi connectivity index (χ1n) is 53.8. The lowest BCUT2D eigenvalue weighted by atomic mass is 9.73. The van der Waals surface area contributed by atoms with Crippen molar-refractivity contribution in [3.63, 3.8) is 0 Å². The van der Waals surface area contributed by atoms with Gasteiger partial charge < -0.3 is 19.9 Å². The summed E-state index contributed by atoms with van der Waals surface area (Å²) in [7, 11) is 0. The smallest absolute Gasteiger partial charge is 0.109 e. The highest BCUT2D eigenvalue weighted by Crippen LogP contribution is 2.42. The fraction of sp³-hybridized carbons (Fsp3) is 0.617. The van der Waals surface area contributed by atoms with Crippen LogP contribution < -0.4 is 0 Å². The van der Waals surface area contributed by atoms with E-state index in [1.54, 1.807) is 5.57 Å². The molecule has 0 aliphatic heterocycles. The van der Waals surface area contributed by atoms with Crippen LogP contribution in [0.2, 0.25) is 0 Å². The number of aromatic amines is 4. The molecule has 3 aliphatic rings. The molecule has 4 N–H and O–H groups in total. The molecule has 750 valence electrons. The molecule has 2 saturated carbocycles. The zero-order valence-electron chi connectivity index (χ0n) is 95.0. The van der Waals surface area contributed by atoms with Gasteiger partial charge in [-0.05, 0) is 314 Å². The van der Waals surface area contributed by atoms with Crippen molar-refractivity contribution in [2.24, 2.45) is 65.1 Å². The first kappa shape index (κ1) is 118. The highest BCUT2D eigenvalue weighted by Gasteiger charge is 2.30. The molecule has 7 heteroatoms. The minimum atomic E-state index is 0.192. The molecule has 3 unspecified atom stereocenters. The van der Waals surface area contributed by atoms with Gasteiger partial charge in [0.05, 0.1) is 22.4 Å². The summed E-state index contributed by atoms with van der Waals surface area (Å²) >= 11 is 0. The molecular weight excluding hydrogens is 1640 g/mol. The summed E-state index contributed by atoms with van der Waals surface area (Å²) in [6, 6.07) is 52.8. The molecule has 2 fully saturated rings. The summed E-state index contributed by atoms with van der Waals surface area (Å²) in [4.78, 5) is 18.4. The van der Waals surface area contributed by atoms with E-state index in [0.717, 1.165) is 93.3 Å². The number of rotatable bonds is 16. The Morgan fingerprint density at radius 1 is 0.304 bits per heavy atom. The first-order chi connectivity index (χ1) is 62.7. The Morgan fingerprint density at radius 2 is 0.719 bits per heavy atom. The second-order valence-corrected chi connectivity index (χ2v) is 49.8. The molecule has 0 spiro atoms. The molecule has 6 aromatic carbocycles. The van der Waals surface area contributed by atoms with Gasteiger partial charge in [0, 0.05) is 45.4 Å². The Bertz CT molecular complexity index is 4980. The van der Waals surface area contributed by atoms with Crippen LogP contribution in [0.1, 0.15) is 507 Å². The number of imidazole rings is 1. The molecule has 0 saturated heterocycles. The third-order valence-electron chi connectivity index (χ3n) is 29.0. The maximum absolute atomic E-state index is 4.58. The van der Waals surface area contributed by atoms with Crippen LogP contribution >= 0.6 is 0 Å². The van der Waals surface area contributed by atoms with Gasteiger partial charge in [-0.15, -0.1) is 0 Å². The summed E-state index contributed by atoms with van der Waals surface area (Å²) in [5, 5.41) is 12.3. The maximum Gasteiger partial charge on any atom is 0.109 e. The Balaban J connectivity index is 0.000000266. The Labute approximate surface area is 830 Å². The molecule has 7 nitrogen and oxygen atoms in total. The predicted octanol–water partition coefficient (Wildman–Crippen LogP) is 40.2. The summed E-state index contributed by atoms with van der Waals surface area (Å²) in [6.07, 6.45) is 19.1. The largest absolute Gasteiger partial charge is 0.361 e. The Morgan fingerprint density at radius 3 is 1.10 bits per heavy atom. The number of benzene rings is 6. The predicted molar refractivity (Wildman–Crippen MR) is 602 cm³/mol. The van der Waals surface area contributed by atoms with Crippen molar-refractivity contribution < 1.29 is 0 Å². The lowest BCUT2D eigenvalue weighted by Gasteiger charge is -2.32. The average molecular weight is 1840 g/mol. The Kier molecular flexibility index (Phi) is 47.2. The highest BCUT2D eigenvalue weighted by molar-refractivity contribution is 5.86. The summed E-state index contributed by atoms with van der Waals surface area (Å²) in [5.41, 5.74) is 26.1. The van der Waals surface area contributed by atoms with E-state index in [-0.39, 0.29) is 21.7 Å². The molecule has 3 atom stereocenters. The van der Waals surface area contributed by atoms with Crippen LogP contribution in [0.4, 0.5) is 0 Å². The van der Waals surface area contributed by atoms with Crippen LogP contribution in [0.15, 0.2) is 163 Å². The van der Waals surface area contributed by atoms with E-state index in [2.05, 4.69) is 498 Å². The van der Waals surface area contributed by atoms with Gasteiger partial charge in [0.15, 0.2) is 0 Å². The van der Waals surface area contributed by atoms with Crippen LogP contribution in [0.5, 0.6) is 0 Å². The highest BCUT2D eigenvalue weighted by atomic mass is 15.1. The van der Waals surface area contributed by atoms with E-state index in [0.29, 0.717) is 59.2 Å². The van der Waals surface area contributed by atoms with Crippen molar-refractivity contribution in [1.29, 1.82) is 0 Å². The molecule has 135 heavy (non-hydrogen) atoms. The van der Waals surface area contributed by atoms with Gasteiger partial charge >= 0.3 is 0 Å². The molecule has 0 bridgehead atoms. The van der Waals surface area contributed by atoms with E-state index < -0.39 is 0 Å². The standard InChI is InChI=1S/3C15H21N.C14H20N2.C12H24.C12H22.2C12H18.C11H22.C10H16N2/c1-10(2)13-9-16-14-8-11(15(3,4)5)6-7-12(13)14;1-10(2)13-8-11-6-7-12(15(3,4)5)9-14(11)16-13;1-10(2)13-9-11-7-6-8-12(14(11)16-13)15(3,4)5;1-9(2)13-15-11-7-6-10(14(3,4)5)8-12(11)16-13;2*1-9(2)11-5-7-12(8-6-11)10(3)4;1-9(2)11-6-5-7-12(8-11)10(3)4;1-9(2)11-7-5-6-8-12(11)10(3)4;1-8(2)10-5-6-11(7-10)9(3)4;1-7(2)9-5-6-10(8(3)4)12-11-9/h3*6-10,16H,1-5H3;6-9H,1-5H3,(H,15,16);9-12H,5-8H2,1-4H3;5,9-10,12H,6-8H2,1-4H3;2*5-10H,1-4H3;8-11H,5-7H2,1-4H3;5-8H,1-4H3. The van der Waals surface area contributed by atoms with Gasteiger partial charge in [0.1, 0.15) is 5.82 Å². The third-order valence-corrected chi connectivity index (χ3v) is 29.0. The molecule has 5 aromatic heterocycles. The second kappa shape index (κ2) is 54.1. The minimum Gasteiger partial charge on any atom is -0.361 e. The summed E-state index contributed by atoms with van der Waals surface area (Å²) in [6.45, 7) is 99.4. The van der Waals surface area contributed by atoms with Gasteiger partial charge in [-0.25, -0.2) is 4.98 Å². The fourth-order valence-corrected chi connectivity index (χ4v) is 18.5. The molecular formula is C128H203N7. The van der Waals surface area contributed by atoms with Crippen molar-refractivity contribution in [2.45, 2.75) is 450 Å². The quantitative estimate of drug-likeness (QED) is 0.0725. The van der Waals surface area contributed by atoms with E-state index in [1.807, 2.05) is 0 Å². The molecule has 11 aromatic rings. The van der Waals surface area contributed by atoms with E-state index >= 15 is 0 Å². The van der Waals surface area contributed by atoms with Gasteiger partial charge in [-0.2, -0.15) is 10.2 Å². The first-order valence-corrected chi connectivity index (χ1v) is 53.8. The third kappa shape index (κ3) is 38.1. The minimum absolute atomic E-state index is 0.192. The van der Waals surface area contributed by atoms with Crippen molar-refractivity contribution in [2.75, 3.05) is 0 Å².